The molecule has 1 aromatic heterocycles. The van der Waals surface area contributed by atoms with E-state index >= 15 is 0 Å². The van der Waals surface area contributed by atoms with E-state index in [1.165, 1.54) is 16.7 Å². The molecule has 1 saturated heterocycles. The van der Waals surface area contributed by atoms with Gasteiger partial charge in [-0.2, -0.15) is 0 Å². The predicted molar refractivity (Wildman–Crippen MR) is 111 cm³/mol. The summed E-state index contributed by atoms with van der Waals surface area (Å²) in [6, 6.07) is 16.1. The maximum Gasteiger partial charge on any atom is 0.320 e. The molecule has 2 aromatic carbocycles. The summed E-state index contributed by atoms with van der Waals surface area (Å²) in [6.45, 7) is 4.97. The number of benzene rings is 2. The Morgan fingerprint density at radius 1 is 1.14 bits per heavy atom. The van der Waals surface area contributed by atoms with Crippen molar-refractivity contribution >= 4 is 16.9 Å². The number of aliphatic carboxylic acids is 1. The summed E-state index contributed by atoms with van der Waals surface area (Å²) in [5, 5.41) is 11.0. The third-order valence-corrected chi connectivity index (χ3v) is 5.82. The summed E-state index contributed by atoms with van der Waals surface area (Å²) in [5.41, 5.74) is 5.55. The number of para-hydroxylation sites is 1. The highest BCUT2D eigenvalue weighted by Crippen LogP contribution is 2.36. The highest BCUT2D eigenvalue weighted by Gasteiger charge is 2.35. The van der Waals surface area contributed by atoms with E-state index in [4.69, 9.17) is 0 Å². The number of hydrogen-bond acceptors (Lipinski definition) is 3. The van der Waals surface area contributed by atoms with Gasteiger partial charge in [0.05, 0.1) is 11.6 Å². The monoisotopic (exact) mass is 374 g/mol. The van der Waals surface area contributed by atoms with E-state index in [1.54, 1.807) is 0 Å². The standard InChI is InChI=1S/C24H26N2O2/c1-16-10-11-17(2)20(13-16)23(26-12-6-5-9-22(26)24(27)28)19-14-18-7-3-4-8-21(18)25-15-19/h3-4,7-8,10-11,13-15,22-23H,5-6,9,12H2,1-2H3,(H,27,28). The Kier molecular flexibility index (Phi) is 5.14. The Morgan fingerprint density at radius 3 is 2.79 bits per heavy atom. The molecule has 0 amide bonds. The second kappa shape index (κ2) is 7.72. The van der Waals surface area contributed by atoms with E-state index in [2.05, 4.69) is 54.1 Å². The summed E-state index contributed by atoms with van der Waals surface area (Å²) >= 11 is 0. The minimum atomic E-state index is -0.733. The molecule has 0 aliphatic carbocycles. The Bertz CT molecular complexity index is 1010. The highest BCUT2D eigenvalue weighted by atomic mass is 16.4. The fourth-order valence-electron chi connectivity index (χ4n) is 4.37. The van der Waals surface area contributed by atoms with Gasteiger partial charge in [0.15, 0.2) is 0 Å². The molecular formula is C24H26N2O2. The largest absolute Gasteiger partial charge is 0.480 e. The van der Waals surface area contributed by atoms with E-state index in [0.29, 0.717) is 6.42 Å². The van der Waals surface area contributed by atoms with Crippen LogP contribution in [-0.4, -0.2) is 33.5 Å². The van der Waals surface area contributed by atoms with Crippen LogP contribution in [0.3, 0.4) is 0 Å². The molecule has 4 nitrogen and oxygen atoms in total. The number of carbonyl (C=O) groups is 1. The molecule has 4 heteroatoms. The van der Waals surface area contributed by atoms with E-state index in [0.717, 1.165) is 35.9 Å². The predicted octanol–water partition coefficient (Wildman–Crippen LogP) is 4.88. The Labute approximate surface area is 165 Å². The fraction of sp³-hybridized carbons (Fsp3) is 0.333. The number of fused-ring (bicyclic) bond motifs is 1. The summed E-state index contributed by atoms with van der Waals surface area (Å²) in [7, 11) is 0. The van der Waals surface area contributed by atoms with Crippen molar-refractivity contribution in [2.24, 2.45) is 0 Å². The SMILES string of the molecule is Cc1ccc(C)c(C(c2cnc3ccccc3c2)N2CCCCC2C(=O)O)c1. The number of likely N-dealkylation sites (tertiary alicyclic amines) is 1. The highest BCUT2D eigenvalue weighted by molar-refractivity contribution is 5.79. The van der Waals surface area contributed by atoms with Gasteiger partial charge >= 0.3 is 5.97 Å². The van der Waals surface area contributed by atoms with Gasteiger partial charge in [-0.1, -0.05) is 48.4 Å². The van der Waals surface area contributed by atoms with Crippen molar-refractivity contribution in [2.45, 2.75) is 45.2 Å². The quantitative estimate of drug-likeness (QED) is 0.707. The van der Waals surface area contributed by atoms with Gasteiger partial charge in [0.1, 0.15) is 6.04 Å². The third kappa shape index (κ3) is 3.52. The molecule has 0 spiro atoms. The van der Waals surface area contributed by atoms with Crippen molar-refractivity contribution in [2.75, 3.05) is 6.54 Å². The molecule has 2 heterocycles. The molecule has 1 aliphatic heterocycles. The molecule has 4 rings (SSSR count). The van der Waals surface area contributed by atoms with Gasteiger partial charge in [0.2, 0.25) is 0 Å². The van der Waals surface area contributed by atoms with Crippen LogP contribution in [0.1, 0.15) is 47.6 Å². The summed E-state index contributed by atoms with van der Waals surface area (Å²) in [6.07, 6.45) is 4.59. The molecule has 144 valence electrons. The number of carboxylic acids is 1. The average Bonchev–Trinajstić information content (AvgIpc) is 2.71. The van der Waals surface area contributed by atoms with Gasteiger partial charge in [-0.3, -0.25) is 14.7 Å². The zero-order valence-electron chi connectivity index (χ0n) is 16.4. The van der Waals surface area contributed by atoms with Crippen molar-refractivity contribution in [3.8, 4) is 0 Å². The first kappa shape index (κ1) is 18.6. The van der Waals surface area contributed by atoms with E-state index in [9.17, 15) is 9.90 Å². The first-order valence-corrected chi connectivity index (χ1v) is 9.95. The third-order valence-electron chi connectivity index (χ3n) is 5.82. The molecule has 1 fully saturated rings. The zero-order chi connectivity index (χ0) is 19.7. The van der Waals surface area contributed by atoms with Crippen LogP contribution in [0, 0.1) is 13.8 Å². The van der Waals surface area contributed by atoms with E-state index in [-0.39, 0.29) is 6.04 Å². The smallest absolute Gasteiger partial charge is 0.320 e. The lowest BCUT2D eigenvalue weighted by Gasteiger charge is -2.40. The second-order valence-electron chi connectivity index (χ2n) is 7.81. The van der Waals surface area contributed by atoms with Gasteiger partial charge < -0.3 is 5.11 Å². The number of nitrogens with zero attached hydrogens (tertiary/aromatic N) is 2. The van der Waals surface area contributed by atoms with Crippen molar-refractivity contribution in [3.63, 3.8) is 0 Å². The number of rotatable bonds is 4. The van der Waals surface area contributed by atoms with Gasteiger partial charge in [0, 0.05) is 11.6 Å². The van der Waals surface area contributed by atoms with Crippen LogP contribution in [0.2, 0.25) is 0 Å². The molecule has 3 aromatic rings. The molecule has 2 atom stereocenters. The maximum absolute atomic E-state index is 12.0. The lowest BCUT2D eigenvalue weighted by Crippen LogP contribution is -2.47. The molecule has 0 bridgehead atoms. The molecule has 0 radical (unpaired) electrons. The number of hydrogen-bond donors (Lipinski definition) is 1. The number of pyridine rings is 1. The molecule has 28 heavy (non-hydrogen) atoms. The number of aryl methyl sites for hydroxylation is 2. The van der Waals surface area contributed by atoms with Crippen LogP contribution in [-0.2, 0) is 4.79 Å². The Balaban J connectivity index is 1.89. The lowest BCUT2D eigenvalue weighted by atomic mass is 9.89. The number of carboxylic acid groups (broad SMARTS) is 1. The van der Waals surface area contributed by atoms with Crippen LogP contribution in [0.4, 0.5) is 0 Å². The molecule has 1 N–H and O–H groups in total. The van der Waals surface area contributed by atoms with Crippen LogP contribution in [0.25, 0.3) is 10.9 Å². The van der Waals surface area contributed by atoms with Crippen molar-refractivity contribution in [1.29, 1.82) is 0 Å². The maximum atomic E-state index is 12.0. The fourth-order valence-corrected chi connectivity index (χ4v) is 4.37. The summed E-state index contributed by atoms with van der Waals surface area (Å²) in [4.78, 5) is 18.9. The minimum Gasteiger partial charge on any atom is -0.480 e. The lowest BCUT2D eigenvalue weighted by molar-refractivity contribution is -0.145. The second-order valence-corrected chi connectivity index (χ2v) is 7.81. The normalized spacial score (nSPS) is 18.9. The van der Waals surface area contributed by atoms with Crippen molar-refractivity contribution in [3.05, 3.63) is 77.0 Å². The minimum absolute atomic E-state index is 0.113. The molecular weight excluding hydrogens is 348 g/mol. The van der Waals surface area contributed by atoms with Crippen molar-refractivity contribution in [1.82, 2.24) is 9.88 Å². The van der Waals surface area contributed by atoms with Gasteiger partial charge in [-0.05, 0) is 62.1 Å². The molecule has 1 aliphatic rings. The first-order chi connectivity index (χ1) is 13.5. The van der Waals surface area contributed by atoms with Crippen LogP contribution >= 0.6 is 0 Å². The van der Waals surface area contributed by atoms with Crippen LogP contribution in [0.15, 0.2) is 54.7 Å². The van der Waals surface area contributed by atoms with Gasteiger partial charge in [-0.25, -0.2) is 0 Å². The molecule has 0 saturated carbocycles. The van der Waals surface area contributed by atoms with Crippen molar-refractivity contribution < 1.29 is 9.90 Å². The molecule has 2 unspecified atom stereocenters. The Hall–Kier alpha value is -2.72. The zero-order valence-corrected chi connectivity index (χ0v) is 16.4. The first-order valence-electron chi connectivity index (χ1n) is 9.95. The number of aromatic nitrogens is 1. The van der Waals surface area contributed by atoms with Gasteiger partial charge in [0.25, 0.3) is 0 Å². The number of piperidine rings is 1. The summed E-state index contributed by atoms with van der Waals surface area (Å²) in [5.74, 6) is -0.733. The van der Waals surface area contributed by atoms with E-state index in [1.807, 2.05) is 24.4 Å². The average molecular weight is 374 g/mol. The summed E-state index contributed by atoms with van der Waals surface area (Å²) < 4.78 is 0. The van der Waals surface area contributed by atoms with E-state index < -0.39 is 12.0 Å². The Morgan fingerprint density at radius 2 is 1.96 bits per heavy atom. The topological polar surface area (TPSA) is 53.4 Å². The van der Waals surface area contributed by atoms with Gasteiger partial charge in [-0.15, -0.1) is 0 Å². The van der Waals surface area contributed by atoms with Crippen LogP contribution < -0.4 is 0 Å². The van der Waals surface area contributed by atoms with Crippen LogP contribution in [0.5, 0.6) is 0 Å².